The lowest BCUT2D eigenvalue weighted by Gasteiger charge is -2.14. The Morgan fingerprint density at radius 2 is 2.03 bits per heavy atom. The minimum absolute atomic E-state index is 0.287. The van der Waals surface area contributed by atoms with E-state index < -0.39 is 11.6 Å². The molecule has 0 aromatic carbocycles. The molecular weight excluding hydrogens is 376 g/mol. The van der Waals surface area contributed by atoms with Crippen molar-refractivity contribution < 1.29 is 13.9 Å². The first-order valence-corrected chi connectivity index (χ1v) is 10.9. The van der Waals surface area contributed by atoms with Gasteiger partial charge in [0.1, 0.15) is 11.5 Å². The summed E-state index contributed by atoms with van der Waals surface area (Å²) in [5, 5.41) is 0. The molecule has 0 saturated carbocycles. The number of allylic oxidation sites excluding steroid dienone is 6. The fourth-order valence-electron chi connectivity index (χ4n) is 3.31. The number of carbonyl (C=O) groups excluding carboxylic acids is 1. The maximum Gasteiger partial charge on any atom is 0.343 e. The molecule has 0 unspecified atom stereocenters. The van der Waals surface area contributed by atoms with E-state index in [1.807, 2.05) is 24.3 Å². The van der Waals surface area contributed by atoms with E-state index in [2.05, 4.69) is 30.9 Å². The fourth-order valence-corrected chi connectivity index (χ4v) is 3.31. The number of hydrogen-bond donors (Lipinski definition) is 0. The highest BCUT2D eigenvalue weighted by atomic mass is 16.5. The molecule has 2 heterocycles. The Labute approximate surface area is 179 Å². The van der Waals surface area contributed by atoms with Crippen LogP contribution < -0.4 is 10.4 Å². The van der Waals surface area contributed by atoms with Gasteiger partial charge in [-0.2, -0.15) is 0 Å². The second-order valence-corrected chi connectivity index (χ2v) is 7.34. The predicted octanol–water partition coefficient (Wildman–Crippen LogP) is 6.02. The summed E-state index contributed by atoms with van der Waals surface area (Å²) in [5.74, 6) is 6.42. The predicted molar refractivity (Wildman–Crippen MR) is 121 cm³/mol. The van der Waals surface area contributed by atoms with Gasteiger partial charge in [0.25, 0.3) is 0 Å². The van der Waals surface area contributed by atoms with Crippen molar-refractivity contribution >= 4 is 5.97 Å². The van der Waals surface area contributed by atoms with E-state index in [0.717, 1.165) is 44.9 Å². The van der Waals surface area contributed by atoms with Gasteiger partial charge in [-0.05, 0) is 25.7 Å². The number of hydrogen-bond acceptors (Lipinski definition) is 4. The second kappa shape index (κ2) is 13.4. The largest absolute Gasteiger partial charge is 0.427 e. The molecule has 1 aliphatic carbocycles. The minimum atomic E-state index is -0.453. The van der Waals surface area contributed by atoms with Crippen molar-refractivity contribution in [2.45, 2.75) is 77.6 Å². The molecule has 1 aliphatic heterocycles. The number of ether oxygens (including phenoxy) is 1. The van der Waals surface area contributed by atoms with Crippen LogP contribution in [0.4, 0.5) is 0 Å². The van der Waals surface area contributed by atoms with Gasteiger partial charge in [0.05, 0.1) is 5.56 Å². The molecule has 1 atom stereocenters. The number of esters is 1. The van der Waals surface area contributed by atoms with Gasteiger partial charge in [-0.15, -0.1) is 5.92 Å². The van der Waals surface area contributed by atoms with Crippen molar-refractivity contribution in [3.05, 3.63) is 64.3 Å². The van der Waals surface area contributed by atoms with Crippen molar-refractivity contribution in [3.63, 3.8) is 0 Å². The Kier molecular flexibility index (Phi) is 10.5. The number of fused-ring (bicyclic) bond motifs is 11. The summed E-state index contributed by atoms with van der Waals surface area (Å²) < 4.78 is 11.0. The Hall–Kier alpha value is -2.80. The average Bonchev–Trinajstić information content (AvgIpc) is 2.69. The fraction of sp³-hybridized carbons (Fsp3) is 0.462. The number of aryl methyl sites for hydroxylation is 1. The van der Waals surface area contributed by atoms with Crippen LogP contribution in [0, 0.1) is 11.8 Å². The summed E-state index contributed by atoms with van der Waals surface area (Å²) in [7, 11) is 0. The van der Waals surface area contributed by atoms with Gasteiger partial charge < -0.3 is 9.15 Å². The zero-order valence-electron chi connectivity index (χ0n) is 18.1. The van der Waals surface area contributed by atoms with E-state index >= 15 is 0 Å². The standard InChI is InChI=1S/C26H32O4/c1-3-4-5-11-14-17-22-18-15-12-9-7-6-8-10-13-16-19-23-20-24(29-21(2)27)25(22)26(28)30-23/h4-5,14-15,17-18,20,22H,3,6,8,10-13,16,19H2,1-2H3/b5-4-,17-14+,18-15-/t22-/m0/s1. The van der Waals surface area contributed by atoms with E-state index in [-0.39, 0.29) is 11.7 Å². The summed E-state index contributed by atoms with van der Waals surface area (Å²) >= 11 is 0. The van der Waals surface area contributed by atoms with Crippen LogP contribution in [0.5, 0.6) is 5.75 Å². The van der Waals surface area contributed by atoms with Gasteiger partial charge in [0, 0.05) is 38.2 Å². The highest BCUT2D eigenvalue weighted by molar-refractivity contribution is 5.70. The lowest BCUT2D eigenvalue weighted by atomic mass is 9.97. The quantitative estimate of drug-likeness (QED) is 0.340. The SMILES string of the molecule is CC/C=C\C/C=C/[C@H]1/C=C\CC#CCCCCCCc2cc(OC(C)=O)c1c(=O)o2. The van der Waals surface area contributed by atoms with Crippen molar-refractivity contribution in [1.29, 1.82) is 0 Å². The first-order valence-electron chi connectivity index (χ1n) is 10.9. The molecule has 1 aromatic rings. The molecule has 0 saturated heterocycles. The Morgan fingerprint density at radius 3 is 2.83 bits per heavy atom. The van der Waals surface area contributed by atoms with Crippen LogP contribution in [-0.4, -0.2) is 5.97 Å². The highest BCUT2D eigenvalue weighted by Crippen LogP contribution is 2.28. The number of rotatable bonds is 5. The topological polar surface area (TPSA) is 56.5 Å². The van der Waals surface area contributed by atoms with Crippen LogP contribution >= 0.6 is 0 Å². The maximum atomic E-state index is 12.9. The van der Waals surface area contributed by atoms with Crippen molar-refractivity contribution in [2.75, 3.05) is 0 Å². The molecule has 0 spiro atoms. The van der Waals surface area contributed by atoms with E-state index in [9.17, 15) is 9.59 Å². The van der Waals surface area contributed by atoms with Crippen LogP contribution in [0.15, 0.2) is 51.7 Å². The zero-order chi connectivity index (χ0) is 21.6. The molecule has 0 amide bonds. The lowest BCUT2D eigenvalue weighted by molar-refractivity contribution is -0.131. The van der Waals surface area contributed by atoms with E-state index in [1.165, 1.54) is 6.92 Å². The smallest absolute Gasteiger partial charge is 0.343 e. The Morgan fingerprint density at radius 1 is 1.20 bits per heavy atom. The van der Waals surface area contributed by atoms with Crippen molar-refractivity contribution in [2.24, 2.45) is 0 Å². The highest BCUT2D eigenvalue weighted by Gasteiger charge is 2.20. The number of carbonyl (C=O) groups is 1. The Bertz CT molecular complexity index is 890. The third-order valence-corrected chi connectivity index (χ3v) is 4.77. The van der Waals surface area contributed by atoms with Crippen LogP contribution in [0.25, 0.3) is 0 Å². The second-order valence-electron chi connectivity index (χ2n) is 7.34. The van der Waals surface area contributed by atoms with E-state index in [4.69, 9.17) is 9.15 Å². The summed E-state index contributed by atoms with van der Waals surface area (Å²) in [5.41, 5.74) is -0.105. The van der Waals surface area contributed by atoms with Gasteiger partial charge in [0.15, 0.2) is 0 Å². The lowest BCUT2D eigenvalue weighted by Crippen LogP contribution is -2.16. The molecular formula is C26H32O4. The molecule has 0 N–H and O–H groups in total. The first kappa shape index (κ1) is 23.5. The minimum Gasteiger partial charge on any atom is -0.427 e. The molecule has 1 aromatic heterocycles. The maximum absolute atomic E-state index is 12.9. The summed E-state index contributed by atoms with van der Waals surface area (Å²) in [6.07, 6.45) is 20.1. The van der Waals surface area contributed by atoms with Crippen LogP contribution in [-0.2, 0) is 11.2 Å². The molecule has 2 bridgehead atoms. The molecule has 4 heteroatoms. The summed E-state index contributed by atoms with van der Waals surface area (Å²) in [6.45, 7) is 3.43. The zero-order valence-corrected chi connectivity index (χ0v) is 18.1. The molecule has 4 nitrogen and oxygen atoms in total. The van der Waals surface area contributed by atoms with Crippen molar-refractivity contribution in [1.82, 2.24) is 0 Å². The normalized spacial score (nSPS) is 18.9. The molecule has 0 fully saturated rings. The van der Waals surface area contributed by atoms with Gasteiger partial charge >= 0.3 is 11.6 Å². The van der Waals surface area contributed by atoms with Crippen molar-refractivity contribution in [3.8, 4) is 17.6 Å². The van der Waals surface area contributed by atoms with E-state index in [1.54, 1.807) is 6.07 Å². The third-order valence-electron chi connectivity index (χ3n) is 4.77. The van der Waals surface area contributed by atoms with Crippen LogP contribution in [0.3, 0.4) is 0 Å². The molecule has 3 rings (SSSR count). The van der Waals surface area contributed by atoms with Gasteiger partial charge in [-0.1, -0.05) is 62.1 Å². The first-order chi connectivity index (χ1) is 14.6. The summed E-state index contributed by atoms with van der Waals surface area (Å²) in [6, 6.07) is 1.70. The average molecular weight is 409 g/mol. The van der Waals surface area contributed by atoms with Gasteiger partial charge in [-0.25, -0.2) is 4.79 Å². The monoisotopic (exact) mass is 408 g/mol. The molecule has 0 radical (unpaired) electrons. The summed E-state index contributed by atoms with van der Waals surface area (Å²) in [4.78, 5) is 24.6. The van der Waals surface area contributed by atoms with Crippen LogP contribution in [0.2, 0.25) is 0 Å². The van der Waals surface area contributed by atoms with Crippen LogP contribution in [0.1, 0.15) is 82.5 Å². The molecule has 160 valence electrons. The molecule has 30 heavy (non-hydrogen) atoms. The third kappa shape index (κ3) is 8.29. The molecule has 2 aliphatic rings. The Balaban J connectivity index is 2.45. The van der Waals surface area contributed by atoms with Gasteiger partial charge in [-0.3, -0.25) is 4.79 Å². The van der Waals surface area contributed by atoms with Gasteiger partial charge in [0.2, 0.25) is 0 Å². The van der Waals surface area contributed by atoms with E-state index in [0.29, 0.717) is 24.2 Å².